The van der Waals surface area contributed by atoms with Gasteiger partial charge >= 0.3 is 0 Å². The van der Waals surface area contributed by atoms with Crippen LogP contribution >= 0.6 is 0 Å². The van der Waals surface area contributed by atoms with Gasteiger partial charge in [-0.25, -0.2) is 0 Å². The molecule has 0 spiro atoms. The van der Waals surface area contributed by atoms with Crippen LogP contribution in [0.5, 0.6) is 0 Å². The summed E-state index contributed by atoms with van der Waals surface area (Å²) in [6, 6.07) is 0.579. The summed E-state index contributed by atoms with van der Waals surface area (Å²) < 4.78 is 5.80. The minimum Gasteiger partial charge on any atom is -0.409 e. The van der Waals surface area contributed by atoms with Crippen LogP contribution < -0.4 is 5.73 Å². The molecular formula is C13H25N3O2. The lowest BCUT2D eigenvalue weighted by Gasteiger charge is -2.33. The monoisotopic (exact) mass is 255 g/mol. The molecule has 0 aromatic heterocycles. The standard InChI is InChI=1S/C13H25N3O2/c14-13(15-17)10-16(11-5-1-2-6-11)9-12-7-3-4-8-18-12/h11-12,17H,1-10H2,(H2,14,15). The molecule has 5 heteroatoms. The number of nitrogens with zero attached hydrogens (tertiary/aromatic N) is 2. The Labute approximate surface area is 109 Å². The van der Waals surface area contributed by atoms with Gasteiger partial charge in [0.1, 0.15) is 0 Å². The summed E-state index contributed by atoms with van der Waals surface area (Å²) in [6.45, 7) is 2.36. The molecule has 104 valence electrons. The molecule has 1 saturated heterocycles. The first kappa shape index (κ1) is 13.6. The molecule has 2 fully saturated rings. The SMILES string of the molecule is NC(CN(CC1CCCCO1)C1CCCC1)=NO. The summed E-state index contributed by atoms with van der Waals surface area (Å²) >= 11 is 0. The molecule has 1 saturated carbocycles. The van der Waals surface area contributed by atoms with E-state index in [-0.39, 0.29) is 0 Å². The maximum Gasteiger partial charge on any atom is 0.153 e. The van der Waals surface area contributed by atoms with E-state index in [4.69, 9.17) is 15.7 Å². The molecule has 0 aromatic carbocycles. The highest BCUT2D eigenvalue weighted by molar-refractivity contribution is 5.81. The van der Waals surface area contributed by atoms with Gasteiger partial charge < -0.3 is 15.7 Å². The highest BCUT2D eigenvalue weighted by Crippen LogP contribution is 2.25. The number of ether oxygens (including phenoxy) is 1. The van der Waals surface area contributed by atoms with Crippen molar-refractivity contribution in [2.24, 2.45) is 10.9 Å². The zero-order valence-electron chi connectivity index (χ0n) is 11.1. The lowest BCUT2D eigenvalue weighted by Crippen LogP contribution is -2.45. The molecule has 1 atom stereocenters. The number of amidine groups is 1. The molecule has 1 aliphatic heterocycles. The van der Waals surface area contributed by atoms with Gasteiger partial charge in [-0.3, -0.25) is 4.90 Å². The molecule has 1 heterocycles. The van der Waals surface area contributed by atoms with Crippen molar-refractivity contribution in [3.63, 3.8) is 0 Å². The van der Waals surface area contributed by atoms with Crippen molar-refractivity contribution < 1.29 is 9.94 Å². The van der Waals surface area contributed by atoms with Crippen LogP contribution in [-0.2, 0) is 4.74 Å². The van der Waals surface area contributed by atoms with Crippen LogP contribution in [0.3, 0.4) is 0 Å². The van der Waals surface area contributed by atoms with Crippen LogP contribution in [0.1, 0.15) is 44.9 Å². The van der Waals surface area contributed by atoms with Crippen molar-refractivity contribution in [3.05, 3.63) is 0 Å². The molecule has 3 N–H and O–H groups in total. The Hall–Kier alpha value is -0.810. The fourth-order valence-electron chi connectivity index (χ4n) is 3.06. The van der Waals surface area contributed by atoms with Crippen molar-refractivity contribution in [1.82, 2.24) is 4.90 Å². The van der Waals surface area contributed by atoms with E-state index in [1.807, 2.05) is 0 Å². The number of hydrogen-bond acceptors (Lipinski definition) is 4. The van der Waals surface area contributed by atoms with Crippen molar-refractivity contribution in [2.45, 2.75) is 57.1 Å². The van der Waals surface area contributed by atoms with Gasteiger partial charge in [0.2, 0.25) is 0 Å². The molecule has 0 radical (unpaired) electrons. The number of hydrogen-bond donors (Lipinski definition) is 2. The van der Waals surface area contributed by atoms with Gasteiger partial charge in [-0.05, 0) is 32.1 Å². The number of rotatable bonds is 5. The van der Waals surface area contributed by atoms with Crippen LogP contribution in [-0.4, -0.2) is 47.8 Å². The van der Waals surface area contributed by atoms with Crippen LogP contribution in [0, 0.1) is 0 Å². The van der Waals surface area contributed by atoms with Crippen molar-refractivity contribution >= 4 is 5.84 Å². The van der Waals surface area contributed by atoms with Gasteiger partial charge in [0, 0.05) is 19.2 Å². The van der Waals surface area contributed by atoms with E-state index < -0.39 is 0 Å². The molecule has 2 aliphatic rings. The zero-order chi connectivity index (χ0) is 12.8. The Bertz CT molecular complexity index is 271. The summed E-state index contributed by atoms with van der Waals surface area (Å²) in [7, 11) is 0. The summed E-state index contributed by atoms with van der Waals surface area (Å²) in [5, 5.41) is 11.8. The molecule has 1 unspecified atom stereocenters. The van der Waals surface area contributed by atoms with Gasteiger partial charge in [-0.15, -0.1) is 0 Å². The van der Waals surface area contributed by atoms with Gasteiger partial charge in [0.15, 0.2) is 5.84 Å². The lowest BCUT2D eigenvalue weighted by molar-refractivity contribution is -0.0101. The molecule has 0 aromatic rings. The largest absolute Gasteiger partial charge is 0.409 e. The third kappa shape index (κ3) is 3.85. The van der Waals surface area contributed by atoms with Crippen LogP contribution in [0.2, 0.25) is 0 Å². The second kappa shape index (κ2) is 6.95. The Kier molecular flexibility index (Phi) is 5.26. The smallest absolute Gasteiger partial charge is 0.153 e. The summed E-state index contributed by atoms with van der Waals surface area (Å²) in [4.78, 5) is 2.35. The second-order valence-electron chi connectivity index (χ2n) is 5.45. The van der Waals surface area contributed by atoms with Crippen LogP contribution in [0.4, 0.5) is 0 Å². The fraction of sp³-hybridized carbons (Fsp3) is 0.923. The molecule has 0 bridgehead atoms. The first-order chi connectivity index (χ1) is 8.79. The average molecular weight is 255 g/mol. The van der Waals surface area contributed by atoms with Gasteiger partial charge in [-0.2, -0.15) is 0 Å². The summed E-state index contributed by atoms with van der Waals surface area (Å²) in [5.41, 5.74) is 5.66. The predicted octanol–water partition coefficient (Wildman–Crippen LogP) is 1.55. The van der Waals surface area contributed by atoms with Gasteiger partial charge in [0.25, 0.3) is 0 Å². The molecular weight excluding hydrogens is 230 g/mol. The highest BCUT2D eigenvalue weighted by Gasteiger charge is 2.26. The Morgan fingerprint density at radius 3 is 2.56 bits per heavy atom. The molecule has 1 aliphatic carbocycles. The van der Waals surface area contributed by atoms with E-state index in [2.05, 4.69) is 10.1 Å². The third-order valence-corrected chi connectivity index (χ3v) is 4.05. The first-order valence-electron chi connectivity index (χ1n) is 7.11. The van der Waals surface area contributed by atoms with Crippen molar-refractivity contribution in [3.8, 4) is 0 Å². The second-order valence-corrected chi connectivity index (χ2v) is 5.45. The molecule has 5 nitrogen and oxygen atoms in total. The predicted molar refractivity (Wildman–Crippen MR) is 70.8 cm³/mol. The number of oxime groups is 1. The Morgan fingerprint density at radius 2 is 1.94 bits per heavy atom. The minimum absolute atomic E-state index is 0.303. The van der Waals surface area contributed by atoms with E-state index in [9.17, 15) is 0 Å². The highest BCUT2D eigenvalue weighted by atomic mass is 16.5. The Balaban J connectivity index is 1.89. The van der Waals surface area contributed by atoms with E-state index in [1.165, 1.54) is 38.5 Å². The first-order valence-corrected chi connectivity index (χ1v) is 7.11. The average Bonchev–Trinajstić information content (AvgIpc) is 2.93. The van der Waals surface area contributed by atoms with Crippen LogP contribution in [0.25, 0.3) is 0 Å². The zero-order valence-corrected chi connectivity index (χ0v) is 11.1. The fourth-order valence-corrected chi connectivity index (χ4v) is 3.06. The van der Waals surface area contributed by atoms with Crippen molar-refractivity contribution in [1.29, 1.82) is 0 Å². The molecule has 0 amide bonds. The third-order valence-electron chi connectivity index (χ3n) is 4.05. The number of nitrogens with two attached hydrogens (primary N) is 1. The van der Waals surface area contributed by atoms with Gasteiger partial charge in [-0.1, -0.05) is 18.0 Å². The van der Waals surface area contributed by atoms with E-state index >= 15 is 0 Å². The van der Waals surface area contributed by atoms with E-state index in [0.717, 1.165) is 19.6 Å². The maximum absolute atomic E-state index is 8.74. The Morgan fingerprint density at radius 1 is 1.22 bits per heavy atom. The van der Waals surface area contributed by atoms with E-state index in [1.54, 1.807) is 0 Å². The topological polar surface area (TPSA) is 71.1 Å². The van der Waals surface area contributed by atoms with Crippen molar-refractivity contribution in [2.75, 3.05) is 19.7 Å². The molecule has 2 rings (SSSR count). The van der Waals surface area contributed by atoms with E-state index in [0.29, 0.717) is 24.5 Å². The lowest BCUT2D eigenvalue weighted by atomic mass is 10.1. The van der Waals surface area contributed by atoms with Crippen LogP contribution in [0.15, 0.2) is 5.16 Å². The summed E-state index contributed by atoms with van der Waals surface area (Å²) in [5.74, 6) is 0.303. The summed E-state index contributed by atoms with van der Waals surface area (Å²) in [6.07, 6.45) is 8.94. The molecule has 18 heavy (non-hydrogen) atoms. The maximum atomic E-state index is 8.74. The quantitative estimate of drug-likeness (QED) is 0.338. The normalized spacial score (nSPS) is 26.9. The van der Waals surface area contributed by atoms with Gasteiger partial charge in [0.05, 0.1) is 12.6 Å². The minimum atomic E-state index is 0.303.